The van der Waals surface area contributed by atoms with Crippen LogP contribution in [0.3, 0.4) is 0 Å². The van der Waals surface area contributed by atoms with E-state index in [4.69, 9.17) is 4.74 Å². The van der Waals surface area contributed by atoms with Gasteiger partial charge in [0.2, 0.25) is 0 Å². The molecule has 1 aromatic carbocycles. The molecule has 2 aliphatic rings. The molecule has 1 aromatic rings. The van der Waals surface area contributed by atoms with E-state index in [0.29, 0.717) is 11.5 Å². The number of halogens is 1. The molecule has 3 rings (SSSR count). The minimum absolute atomic E-state index is 0.409. The van der Waals surface area contributed by atoms with Crippen molar-refractivity contribution in [3.05, 3.63) is 27.7 Å². The van der Waals surface area contributed by atoms with Gasteiger partial charge in [-0.2, -0.15) is 0 Å². The normalized spacial score (nSPS) is 27.7. The first-order chi connectivity index (χ1) is 10.1. The molecule has 1 fully saturated rings. The van der Waals surface area contributed by atoms with E-state index in [9.17, 15) is 0 Å². The maximum Gasteiger partial charge on any atom is 0.125 e. The van der Waals surface area contributed by atoms with Crippen LogP contribution in [-0.4, -0.2) is 19.2 Å². The molecule has 1 aliphatic heterocycles. The topological polar surface area (TPSA) is 21.3 Å². The molecule has 3 heteroatoms. The minimum atomic E-state index is 0.409. The monoisotopic (exact) mass is 351 g/mol. The lowest BCUT2D eigenvalue weighted by molar-refractivity contribution is 0.308. The summed E-state index contributed by atoms with van der Waals surface area (Å²) in [5, 5.41) is 3.70. The van der Waals surface area contributed by atoms with Crippen molar-refractivity contribution >= 4 is 15.9 Å². The number of benzene rings is 1. The van der Waals surface area contributed by atoms with Gasteiger partial charge in [-0.15, -0.1) is 0 Å². The van der Waals surface area contributed by atoms with Gasteiger partial charge in [-0.25, -0.2) is 0 Å². The van der Waals surface area contributed by atoms with Crippen molar-refractivity contribution in [1.82, 2.24) is 5.32 Å². The van der Waals surface area contributed by atoms with Gasteiger partial charge in [0.1, 0.15) is 5.75 Å². The highest BCUT2D eigenvalue weighted by molar-refractivity contribution is 9.10. The summed E-state index contributed by atoms with van der Waals surface area (Å²) >= 11 is 3.66. The fourth-order valence-electron chi connectivity index (χ4n) is 3.94. The van der Waals surface area contributed by atoms with E-state index in [-0.39, 0.29) is 0 Å². The van der Waals surface area contributed by atoms with Gasteiger partial charge in [0.25, 0.3) is 0 Å². The molecule has 0 bridgehead atoms. The number of rotatable bonds is 5. The van der Waals surface area contributed by atoms with Gasteiger partial charge in [0.15, 0.2) is 0 Å². The van der Waals surface area contributed by atoms with Gasteiger partial charge in [0.05, 0.1) is 6.61 Å². The number of fused-ring (bicyclic) bond motifs is 1. The molecule has 0 radical (unpaired) electrons. The third-order valence-electron chi connectivity index (χ3n) is 4.96. The predicted molar refractivity (Wildman–Crippen MR) is 91.1 cm³/mol. The maximum absolute atomic E-state index is 5.90. The highest BCUT2D eigenvalue weighted by Crippen LogP contribution is 2.44. The molecule has 0 spiro atoms. The Morgan fingerprint density at radius 3 is 3.10 bits per heavy atom. The van der Waals surface area contributed by atoms with Gasteiger partial charge >= 0.3 is 0 Å². The number of hydrogen-bond acceptors (Lipinski definition) is 2. The predicted octanol–water partition coefficient (Wildman–Crippen LogP) is 4.48. The van der Waals surface area contributed by atoms with Crippen LogP contribution in [0.25, 0.3) is 0 Å². The van der Waals surface area contributed by atoms with Crippen molar-refractivity contribution in [3.63, 3.8) is 0 Å². The van der Waals surface area contributed by atoms with Gasteiger partial charge in [-0.3, -0.25) is 0 Å². The van der Waals surface area contributed by atoms with Gasteiger partial charge in [0, 0.05) is 16.9 Å². The van der Waals surface area contributed by atoms with Gasteiger partial charge < -0.3 is 10.1 Å². The molecular formula is C18H26BrNO. The van der Waals surface area contributed by atoms with Crippen LogP contribution < -0.4 is 10.1 Å². The summed E-state index contributed by atoms with van der Waals surface area (Å²) in [5.41, 5.74) is 3.18. The van der Waals surface area contributed by atoms with E-state index in [1.54, 1.807) is 0 Å². The number of nitrogens with one attached hydrogen (secondary N) is 1. The van der Waals surface area contributed by atoms with E-state index in [2.05, 4.69) is 47.2 Å². The van der Waals surface area contributed by atoms with Crippen LogP contribution in [0.15, 0.2) is 16.6 Å². The van der Waals surface area contributed by atoms with Crippen molar-refractivity contribution in [2.75, 3.05) is 13.2 Å². The van der Waals surface area contributed by atoms with Gasteiger partial charge in [-0.05, 0) is 67.3 Å². The summed E-state index contributed by atoms with van der Waals surface area (Å²) in [4.78, 5) is 0. The highest BCUT2D eigenvalue weighted by atomic mass is 79.9. The second kappa shape index (κ2) is 6.29. The molecule has 0 aromatic heterocycles. The number of ether oxygens (including phenoxy) is 1. The molecule has 2 unspecified atom stereocenters. The van der Waals surface area contributed by atoms with Crippen molar-refractivity contribution in [2.45, 2.75) is 58.4 Å². The first kappa shape index (κ1) is 15.4. The van der Waals surface area contributed by atoms with Crippen molar-refractivity contribution < 1.29 is 4.74 Å². The minimum Gasteiger partial charge on any atom is -0.493 e. The molecule has 1 N–H and O–H groups in total. The second-order valence-electron chi connectivity index (χ2n) is 7.03. The Morgan fingerprint density at radius 2 is 2.29 bits per heavy atom. The van der Waals surface area contributed by atoms with E-state index in [1.807, 2.05) is 0 Å². The van der Waals surface area contributed by atoms with Crippen LogP contribution in [0.1, 0.15) is 50.7 Å². The molecule has 2 nitrogen and oxygen atoms in total. The molecule has 0 amide bonds. The molecule has 116 valence electrons. The zero-order chi connectivity index (χ0) is 14.9. The lowest BCUT2D eigenvalue weighted by Gasteiger charge is -2.25. The smallest absolute Gasteiger partial charge is 0.125 e. The Morgan fingerprint density at radius 1 is 1.43 bits per heavy atom. The standard InChI is InChI=1S/C18H26BrNO/c1-3-7-20-16-4-6-18(2,12-16)11-14-10-15(19)9-13-5-8-21-17(13)14/h9-10,16,20H,3-8,11-12H2,1-2H3. The van der Waals surface area contributed by atoms with Crippen LogP contribution in [0.5, 0.6) is 5.75 Å². The summed E-state index contributed by atoms with van der Waals surface area (Å²) in [6.07, 6.45) is 7.33. The van der Waals surface area contributed by atoms with Crippen molar-refractivity contribution in [1.29, 1.82) is 0 Å². The van der Waals surface area contributed by atoms with Crippen molar-refractivity contribution in [2.24, 2.45) is 5.41 Å². The SMILES string of the molecule is CCCNC1CCC(C)(Cc2cc(Br)cc3c2OCC3)C1. The third-order valence-corrected chi connectivity index (χ3v) is 5.42. The van der Waals surface area contributed by atoms with Crippen LogP contribution in [0.4, 0.5) is 0 Å². The zero-order valence-corrected chi connectivity index (χ0v) is 14.8. The van der Waals surface area contributed by atoms with E-state index in [1.165, 1.54) is 47.0 Å². The maximum atomic E-state index is 5.90. The summed E-state index contributed by atoms with van der Waals surface area (Å²) in [5.74, 6) is 1.17. The Hall–Kier alpha value is -0.540. The molecule has 21 heavy (non-hydrogen) atoms. The Balaban J connectivity index is 1.72. The van der Waals surface area contributed by atoms with E-state index < -0.39 is 0 Å². The second-order valence-corrected chi connectivity index (χ2v) is 7.95. The fourth-order valence-corrected chi connectivity index (χ4v) is 4.49. The van der Waals surface area contributed by atoms with Crippen LogP contribution in [0, 0.1) is 5.41 Å². The Labute approximate surface area is 136 Å². The van der Waals surface area contributed by atoms with E-state index >= 15 is 0 Å². The molecule has 0 saturated heterocycles. The molecule has 2 atom stereocenters. The highest BCUT2D eigenvalue weighted by Gasteiger charge is 2.36. The number of hydrogen-bond donors (Lipinski definition) is 1. The quantitative estimate of drug-likeness (QED) is 0.843. The first-order valence-corrected chi connectivity index (χ1v) is 9.06. The molecule has 1 heterocycles. The summed E-state index contributed by atoms with van der Waals surface area (Å²) < 4.78 is 7.09. The fraction of sp³-hybridized carbons (Fsp3) is 0.667. The van der Waals surface area contributed by atoms with Crippen LogP contribution in [-0.2, 0) is 12.8 Å². The average molecular weight is 352 g/mol. The van der Waals surface area contributed by atoms with Crippen LogP contribution in [0.2, 0.25) is 0 Å². The molecule has 1 aliphatic carbocycles. The summed E-state index contributed by atoms with van der Waals surface area (Å²) in [6, 6.07) is 5.19. The van der Waals surface area contributed by atoms with Gasteiger partial charge in [-0.1, -0.05) is 29.8 Å². The largest absolute Gasteiger partial charge is 0.493 e. The molecular weight excluding hydrogens is 326 g/mol. The lowest BCUT2D eigenvalue weighted by Crippen LogP contribution is -2.29. The van der Waals surface area contributed by atoms with Crippen LogP contribution >= 0.6 is 15.9 Å². The lowest BCUT2D eigenvalue weighted by atomic mass is 9.81. The van der Waals surface area contributed by atoms with E-state index in [0.717, 1.165) is 26.0 Å². The Bertz CT molecular complexity index is 516. The zero-order valence-electron chi connectivity index (χ0n) is 13.2. The summed E-state index contributed by atoms with van der Waals surface area (Å²) in [7, 11) is 0. The summed E-state index contributed by atoms with van der Waals surface area (Å²) in [6.45, 7) is 6.68. The average Bonchev–Trinajstić information content (AvgIpc) is 3.03. The Kier molecular flexibility index (Phi) is 4.60. The molecule has 1 saturated carbocycles. The first-order valence-electron chi connectivity index (χ1n) is 8.27. The third kappa shape index (κ3) is 3.45. The van der Waals surface area contributed by atoms with Crippen molar-refractivity contribution in [3.8, 4) is 5.75 Å².